The van der Waals surface area contributed by atoms with Gasteiger partial charge in [0.2, 0.25) is 5.91 Å². The zero-order valence-corrected chi connectivity index (χ0v) is 15.4. The predicted octanol–water partition coefficient (Wildman–Crippen LogP) is 1.79. The number of rotatable bonds is 11. The molecular formula is C18H36N4O2. The van der Waals surface area contributed by atoms with E-state index in [1.54, 1.807) is 0 Å². The van der Waals surface area contributed by atoms with Gasteiger partial charge in [-0.2, -0.15) is 0 Å². The molecule has 0 aliphatic heterocycles. The first kappa shape index (κ1) is 20.7. The summed E-state index contributed by atoms with van der Waals surface area (Å²) < 4.78 is 0. The number of carbonyl (C=O) groups excluding carboxylic acids is 1. The number of aliphatic hydroxyl groups excluding tert-OH is 1. The fourth-order valence-electron chi connectivity index (χ4n) is 3.14. The number of hydrogen-bond donors (Lipinski definition) is 4. The predicted molar refractivity (Wildman–Crippen MR) is 99.1 cm³/mol. The SMILES string of the molecule is CCCC(CCO)CN=C(NCC)NCCC(=O)NC1CCCC1. The van der Waals surface area contributed by atoms with Gasteiger partial charge in [-0.1, -0.05) is 26.2 Å². The van der Waals surface area contributed by atoms with Gasteiger partial charge in [0.25, 0.3) is 0 Å². The maximum Gasteiger partial charge on any atom is 0.221 e. The number of aliphatic hydroxyl groups is 1. The molecule has 1 rings (SSSR count). The van der Waals surface area contributed by atoms with Crippen LogP contribution in [-0.2, 0) is 4.79 Å². The highest BCUT2D eigenvalue weighted by atomic mass is 16.3. The number of carbonyl (C=O) groups is 1. The molecule has 24 heavy (non-hydrogen) atoms. The molecule has 0 spiro atoms. The molecule has 0 radical (unpaired) electrons. The van der Waals surface area contributed by atoms with Gasteiger partial charge in [-0.05, 0) is 38.5 Å². The van der Waals surface area contributed by atoms with Gasteiger partial charge in [0.05, 0.1) is 0 Å². The summed E-state index contributed by atoms with van der Waals surface area (Å²) in [5.74, 6) is 1.29. The maximum atomic E-state index is 11.9. The summed E-state index contributed by atoms with van der Waals surface area (Å²) in [4.78, 5) is 16.5. The Bertz CT molecular complexity index is 362. The van der Waals surface area contributed by atoms with Gasteiger partial charge in [-0.3, -0.25) is 9.79 Å². The fraction of sp³-hybridized carbons (Fsp3) is 0.889. The van der Waals surface area contributed by atoms with Crippen LogP contribution in [0.3, 0.4) is 0 Å². The van der Waals surface area contributed by atoms with Crippen molar-refractivity contribution in [1.82, 2.24) is 16.0 Å². The highest BCUT2D eigenvalue weighted by Crippen LogP contribution is 2.17. The Balaban J connectivity index is 2.32. The molecule has 0 aromatic rings. The van der Waals surface area contributed by atoms with Gasteiger partial charge < -0.3 is 21.1 Å². The van der Waals surface area contributed by atoms with Crippen LogP contribution < -0.4 is 16.0 Å². The molecule has 1 unspecified atom stereocenters. The molecule has 6 nitrogen and oxygen atoms in total. The first-order chi connectivity index (χ1) is 11.7. The van der Waals surface area contributed by atoms with E-state index in [0.29, 0.717) is 31.5 Å². The first-order valence-corrected chi connectivity index (χ1v) is 9.61. The van der Waals surface area contributed by atoms with Crippen molar-refractivity contribution in [2.75, 3.05) is 26.2 Å². The normalized spacial score (nSPS) is 16.9. The lowest BCUT2D eigenvalue weighted by molar-refractivity contribution is -0.121. The molecule has 0 aromatic carbocycles. The van der Waals surface area contributed by atoms with Gasteiger partial charge >= 0.3 is 0 Å². The number of nitrogens with one attached hydrogen (secondary N) is 3. The topological polar surface area (TPSA) is 85.8 Å². The zero-order valence-electron chi connectivity index (χ0n) is 15.4. The Morgan fingerprint density at radius 1 is 1.21 bits per heavy atom. The summed E-state index contributed by atoms with van der Waals surface area (Å²) in [6.07, 6.45) is 8.13. The van der Waals surface area contributed by atoms with Gasteiger partial charge in [0, 0.05) is 38.7 Å². The summed E-state index contributed by atoms with van der Waals surface area (Å²) in [5.41, 5.74) is 0. The van der Waals surface area contributed by atoms with Crippen molar-refractivity contribution in [2.24, 2.45) is 10.9 Å². The van der Waals surface area contributed by atoms with E-state index in [4.69, 9.17) is 5.11 Å². The summed E-state index contributed by atoms with van der Waals surface area (Å²) in [6, 6.07) is 0.382. The molecule has 1 aliphatic rings. The van der Waals surface area contributed by atoms with Crippen molar-refractivity contribution in [1.29, 1.82) is 0 Å². The molecule has 1 saturated carbocycles. The van der Waals surface area contributed by atoms with E-state index in [9.17, 15) is 4.79 Å². The maximum absolute atomic E-state index is 11.9. The lowest BCUT2D eigenvalue weighted by Gasteiger charge is -2.16. The average molecular weight is 341 g/mol. The van der Waals surface area contributed by atoms with Crippen molar-refractivity contribution < 1.29 is 9.90 Å². The Kier molecular flexibility index (Phi) is 11.3. The van der Waals surface area contributed by atoms with E-state index >= 15 is 0 Å². The third kappa shape index (κ3) is 9.11. The van der Waals surface area contributed by atoms with Crippen LogP contribution >= 0.6 is 0 Å². The summed E-state index contributed by atoms with van der Waals surface area (Å²) in [5, 5.41) is 18.7. The molecule has 0 heterocycles. The van der Waals surface area contributed by atoms with E-state index in [2.05, 4.69) is 27.9 Å². The van der Waals surface area contributed by atoms with Gasteiger partial charge in [0.1, 0.15) is 0 Å². The summed E-state index contributed by atoms with van der Waals surface area (Å²) >= 11 is 0. The molecule has 0 aromatic heterocycles. The molecule has 0 bridgehead atoms. The van der Waals surface area contributed by atoms with Crippen molar-refractivity contribution in [3.63, 3.8) is 0 Å². The largest absolute Gasteiger partial charge is 0.396 e. The van der Waals surface area contributed by atoms with Crippen LogP contribution in [0.2, 0.25) is 0 Å². The van der Waals surface area contributed by atoms with Crippen LogP contribution in [0.25, 0.3) is 0 Å². The summed E-state index contributed by atoms with van der Waals surface area (Å²) in [6.45, 7) is 6.48. The zero-order chi connectivity index (χ0) is 17.6. The Labute approximate surface area is 146 Å². The molecular weight excluding hydrogens is 304 g/mol. The number of hydrogen-bond acceptors (Lipinski definition) is 3. The lowest BCUT2D eigenvalue weighted by atomic mass is 10.0. The monoisotopic (exact) mass is 340 g/mol. The number of amides is 1. The number of aliphatic imine (C=N–C) groups is 1. The summed E-state index contributed by atoms with van der Waals surface area (Å²) in [7, 11) is 0. The van der Waals surface area contributed by atoms with Crippen LogP contribution in [0.5, 0.6) is 0 Å². The van der Waals surface area contributed by atoms with Crippen molar-refractivity contribution in [2.45, 2.75) is 71.3 Å². The van der Waals surface area contributed by atoms with Crippen molar-refractivity contribution in [3.8, 4) is 0 Å². The lowest BCUT2D eigenvalue weighted by Crippen LogP contribution is -2.40. The average Bonchev–Trinajstić information content (AvgIpc) is 3.05. The molecule has 6 heteroatoms. The van der Waals surface area contributed by atoms with E-state index in [1.165, 1.54) is 12.8 Å². The minimum absolute atomic E-state index is 0.120. The highest BCUT2D eigenvalue weighted by Gasteiger charge is 2.16. The second-order valence-corrected chi connectivity index (χ2v) is 6.61. The van der Waals surface area contributed by atoms with E-state index in [0.717, 1.165) is 44.6 Å². The number of guanidine groups is 1. The minimum atomic E-state index is 0.120. The van der Waals surface area contributed by atoms with E-state index in [-0.39, 0.29) is 12.5 Å². The first-order valence-electron chi connectivity index (χ1n) is 9.61. The third-order valence-electron chi connectivity index (χ3n) is 4.45. The Morgan fingerprint density at radius 3 is 2.58 bits per heavy atom. The van der Waals surface area contributed by atoms with Gasteiger partial charge in [-0.25, -0.2) is 0 Å². The van der Waals surface area contributed by atoms with Crippen molar-refractivity contribution in [3.05, 3.63) is 0 Å². The number of nitrogens with zero attached hydrogens (tertiary/aromatic N) is 1. The third-order valence-corrected chi connectivity index (χ3v) is 4.45. The molecule has 1 aliphatic carbocycles. The van der Waals surface area contributed by atoms with Crippen LogP contribution in [0.15, 0.2) is 4.99 Å². The van der Waals surface area contributed by atoms with Gasteiger partial charge in [-0.15, -0.1) is 0 Å². The minimum Gasteiger partial charge on any atom is -0.396 e. The quantitative estimate of drug-likeness (QED) is 0.341. The highest BCUT2D eigenvalue weighted by molar-refractivity contribution is 5.81. The molecule has 4 N–H and O–H groups in total. The van der Waals surface area contributed by atoms with Crippen LogP contribution in [0, 0.1) is 5.92 Å². The molecule has 0 saturated heterocycles. The molecule has 140 valence electrons. The van der Waals surface area contributed by atoms with Crippen LogP contribution in [0.4, 0.5) is 0 Å². The molecule has 1 atom stereocenters. The Hall–Kier alpha value is -1.30. The van der Waals surface area contributed by atoms with E-state index < -0.39 is 0 Å². The smallest absolute Gasteiger partial charge is 0.221 e. The molecule has 1 amide bonds. The molecule has 1 fully saturated rings. The standard InChI is InChI=1S/C18H36N4O2/c1-3-7-15(11-13-23)14-21-18(19-4-2)20-12-10-17(24)22-16-8-5-6-9-16/h15-16,23H,3-14H2,1-2H3,(H,22,24)(H2,19,20,21). The van der Waals surface area contributed by atoms with Crippen molar-refractivity contribution >= 4 is 11.9 Å². The van der Waals surface area contributed by atoms with Gasteiger partial charge in [0.15, 0.2) is 5.96 Å². The van der Waals surface area contributed by atoms with E-state index in [1.807, 2.05) is 6.92 Å². The van der Waals surface area contributed by atoms with Crippen LogP contribution in [-0.4, -0.2) is 49.3 Å². The second-order valence-electron chi connectivity index (χ2n) is 6.61. The van der Waals surface area contributed by atoms with Crippen LogP contribution in [0.1, 0.15) is 65.2 Å². The second kappa shape index (κ2) is 13.0. The fourth-order valence-corrected chi connectivity index (χ4v) is 3.14. The Morgan fingerprint density at radius 2 is 1.96 bits per heavy atom.